The highest BCUT2D eigenvalue weighted by molar-refractivity contribution is 7.99. The Morgan fingerprint density at radius 3 is 2.47 bits per heavy atom. The van der Waals surface area contributed by atoms with Crippen molar-refractivity contribution in [3.05, 3.63) is 71.8 Å². The fourth-order valence-corrected chi connectivity index (χ4v) is 4.75. The summed E-state index contributed by atoms with van der Waals surface area (Å²) in [5.74, 6) is 0.859. The Kier molecular flexibility index (Phi) is 7.55. The lowest BCUT2D eigenvalue weighted by Gasteiger charge is -2.26. The maximum absolute atomic E-state index is 13.1. The van der Waals surface area contributed by atoms with E-state index < -0.39 is 0 Å². The summed E-state index contributed by atoms with van der Waals surface area (Å²) in [6.07, 6.45) is 3.72. The first-order valence-corrected chi connectivity index (χ1v) is 11.9. The number of likely N-dealkylation sites (tertiary alicyclic amines) is 1. The number of hydrogen-bond acceptors (Lipinski definition) is 5. The number of halogens is 1. The Morgan fingerprint density at radius 1 is 1.03 bits per heavy atom. The van der Waals surface area contributed by atoms with Crippen molar-refractivity contribution in [3.8, 4) is 5.69 Å². The summed E-state index contributed by atoms with van der Waals surface area (Å²) in [5.41, 5.74) is 1.89. The SMILES string of the molecule is CN(Cc1ccc(F)cc1)C(=O)CSc1nnc(CN2CCCCC2)n1-c1ccccc1. The van der Waals surface area contributed by atoms with Crippen LogP contribution in [0.2, 0.25) is 0 Å². The van der Waals surface area contributed by atoms with Crippen molar-refractivity contribution in [2.45, 2.75) is 37.5 Å². The Balaban J connectivity index is 1.45. The van der Waals surface area contributed by atoms with Crippen LogP contribution in [0.15, 0.2) is 59.8 Å². The second-order valence-corrected chi connectivity index (χ2v) is 9.01. The molecule has 1 saturated heterocycles. The van der Waals surface area contributed by atoms with Gasteiger partial charge in [0.2, 0.25) is 5.91 Å². The van der Waals surface area contributed by atoms with Crippen molar-refractivity contribution in [3.63, 3.8) is 0 Å². The summed E-state index contributed by atoms with van der Waals surface area (Å²) < 4.78 is 15.2. The number of para-hydroxylation sites is 1. The zero-order chi connectivity index (χ0) is 22.3. The molecule has 4 rings (SSSR count). The molecule has 0 spiro atoms. The third kappa shape index (κ3) is 5.75. The fourth-order valence-electron chi connectivity index (χ4n) is 3.84. The molecule has 1 fully saturated rings. The third-order valence-electron chi connectivity index (χ3n) is 5.61. The molecule has 1 aliphatic heterocycles. The Hall–Kier alpha value is -2.71. The lowest BCUT2D eigenvalue weighted by molar-refractivity contribution is -0.127. The highest BCUT2D eigenvalue weighted by Gasteiger charge is 2.20. The summed E-state index contributed by atoms with van der Waals surface area (Å²) in [6.45, 7) is 3.35. The van der Waals surface area contributed by atoms with E-state index in [1.165, 1.54) is 43.2 Å². The van der Waals surface area contributed by atoms with Crippen LogP contribution in [0.3, 0.4) is 0 Å². The first-order valence-electron chi connectivity index (χ1n) is 10.9. The van der Waals surface area contributed by atoms with Crippen LogP contribution < -0.4 is 0 Å². The van der Waals surface area contributed by atoms with Crippen LogP contribution in [0.4, 0.5) is 4.39 Å². The number of amides is 1. The number of nitrogens with zero attached hydrogens (tertiary/aromatic N) is 5. The molecule has 0 bridgehead atoms. The van der Waals surface area contributed by atoms with Gasteiger partial charge in [0.05, 0.1) is 12.3 Å². The van der Waals surface area contributed by atoms with Crippen molar-refractivity contribution >= 4 is 17.7 Å². The molecule has 8 heteroatoms. The van der Waals surface area contributed by atoms with E-state index in [4.69, 9.17) is 0 Å². The molecule has 3 aromatic rings. The van der Waals surface area contributed by atoms with Crippen molar-refractivity contribution in [2.75, 3.05) is 25.9 Å². The molecule has 1 aromatic heterocycles. The molecule has 1 aliphatic rings. The Morgan fingerprint density at radius 2 is 1.75 bits per heavy atom. The van der Waals surface area contributed by atoms with Crippen LogP contribution in [-0.4, -0.2) is 56.4 Å². The number of thioether (sulfide) groups is 1. The van der Waals surface area contributed by atoms with Crippen molar-refractivity contribution in [1.29, 1.82) is 0 Å². The standard InChI is InChI=1S/C24H28FN5OS/c1-28(16-19-10-12-20(25)13-11-19)23(31)18-32-24-27-26-22(17-29-14-6-3-7-15-29)30(24)21-8-4-2-5-9-21/h2,4-5,8-13H,3,6-7,14-18H2,1H3. The molecule has 0 unspecified atom stereocenters. The zero-order valence-electron chi connectivity index (χ0n) is 18.3. The minimum Gasteiger partial charge on any atom is -0.341 e. The van der Waals surface area contributed by atoms with Gasteiger partial charge in [-0.25, -0.2) is 4.39 Å². The van der Waals surface area contributed by atoms with Crippen molar-refractivity contribution in [1.82, 2.24) is 24.6 Å². The maximum Gasteiger partial charge on any atom is 0.233 e. The normalized spacial score (nSPS) is 14.4. The van der Waals surface area contributed by atoms with Gasteiger partial charge >= 0.3 is 0 Å². The van der Waals surface area contributed by atoms with Gasteiger partial charge in [0.25, 0.3) is 0 Å². The number of rotatable bonds is 8. The van der Waals surface area contributed by atoms with Crippen LogP contribution >= 0.6 is 11.8 Å². The number of aromatic nitrogens is 3. The zero-order valence-corrected chi connectivity index (χ0v) is 19.1. The van der Waals surface area contributed by atoms with E-state index in [1.807, 2.05) is 30.3 Å². The van der Waals surface area contributed by atoms with Crippen LogP contribution in [0.25, 0.3) is 5.69 Å². The van der Waals surface area contributed by atoms with Gasteiger partial charge in [0.15, 0.2) is 11.0 Å². The molecular formula is C24H28FN5OS. The summed E-state index contributed by atoms with van der Waals surface area (Å²) in [7, 11) is 1.76. The smallest absolute Gasteiger partial charge is 0.233 e. The molecular weight excluding hydrogens is 425 g/mol. The van der Waals surface area contributed by atoms with Gasteiger partial charge < -0.3 is 4.90 Å². The lowest BCUT2D eigenvalue weighted by atomic mass is 10.1. The number of benzene rings is 2. The summed E-state index contributed by atoms with van der Waals surface area (Å²) in [6, 6.07) is 16.3. The van der Waals surface area contributed by atoms with Gasteiger partial charge in [-0.1, -0.05) is 48.5 Å². The van der Waals surface area contributed by atoms with E-state index in [0.717, 1.165) is 36.7 Å². The first-order chi connectivity index (χ1) is 15.6. The highest BCUT2D eigenvalue weighted by Crippen LogP contribution is 2.24. The fraction of sp³-hybridized carbons (Fsp3) is 0.375. The molecule has 2 aromatic carbocycles. The van der Waals surface area contributed by atoms with Crippen LogP contribution in [0, 0.1) is 5.82 Å². The molecule has 32 heavy (non-hydrogen) atoms. The molecule has 0 N–H and O–H groups in total. The Bertz CT molecular complexity index is 1020. The molecule has 6 nitrogen and oxygen atoms in total. The average Bonchev–Trinajstić information content (AvgIpc) is 3.22. The second kappa shape index (κ2) is 10.7. The lowest BCUT2D eigenvalue weighted by Crippen LogP contribution is -2.30. The van der Waals surface area contributed by atoms with Gasteiger partial charge in [-0.15, -0.1) is 10.2 Å². The third-order valence-corrected chi connectivity index (χ3v) is 6.53. The molecule has 0 radical (unpaired) electrons. The van der Waals surface area contributed by atoms with E-state index in [-0.39, 0.29) is 17.5 Å². The molecule has 168 valence electrons. The van der Waals surface area contributed by atoms with Gasteiger partial charge in [-0.05, 0) is 55.8 Å². The molecule has 1 amide bonds. The van der Waals surface area contributed by atoms with Gasteiger partial charge in [0, 0.05) is 19.3 Å². The van der Waals surface area contributed by atoms with E-state index in [9.17, 15) is 9.18 Å². The van der Waals surface area contributed by atoms with Crippen LogP contribution in [0.5, 0.6) is 0 Å². The van der Waals surface area contributed by atoms with Crippen molar-refractivity contribution in [2.24, 2.45) is 0 Å². The monoisotopic (exact) mass is 453 g/mol. The summed E-state index contributed by atoms with van der Waals surface area (Å²) in [5, 5.41) is 9.61. The first kappa shape index (κ1) is 22.5. The second-order valence-electron chi connectivity index (χ2n) is 8.07. The summed E-state index contributed by atoms with van der Waals surface area (Å²) in [4.78, 5) is 16.8. The summed E-state index contributed by atoms with van der Waals surface area (Å²) >= 11 is 1.39. The van der Waals surface area contributed by atoms with Gasteiger partial charge in [-0.2, -0.15) is 0 Å². The van der Waals surface area contributed by atoms with E-state index in [1.54, 1.807) is 24.1 Å². The molecule has 0 aliphatic carbocycles. The number of hydrogen-bond donors (Lipinski definition) is 0. The number of carbonyl (C=O) groups excluding carboxylic acids is 1. The molecule has 2 heterocycles. The predicted molar refractivity (Wildman–Crippen MR) is 124 cm³/mol. The van der Waals surface area contributed by atoms with Gasteiger partial charge in [0.1, 0.15) is 5.82 Å². The molecule has 0 saturated carbocycles. The molecule has 0 atom stereocenters. The van der Waals surface area contributed by atoms with Gasteiger partial charge in [-0.3, -0.25) is 14.3 Å². The minimum atomic E-state index is -0.279. The quantitative estimate of drug-likeness (QED) is 0.480. The number of piperidine rings is 1. The van der Waals surface area contributed by atoms with E-state index >= 15 is 0 Å². The number of carbonyl (C=O) groups is 1. The highest BCUT2D eigenvalue weighted by atomic mass is 32.2. The largest absolute Gasteiger partial charge is 0.341 e. The average molecular weight is 454 g/mol. The van der Waals surface area contributed by atoms with E-state index in [0.29, 0.717) is 11.7 Å². The maximum atomic E-state index is 13.1. The Labute approximate surface area is 192 Å². The minimum absolute atomic E-state index is 0.0143. The van der Waals surface area contributed by atoms with Crippen LogP contribution in [-0.2, 0) is 17.9 Å². The van der Waals surface area contributed by atoms with Crippen LogP contribution in [0.1, 0.15) is 30.7 Å². The predicted octanol–water partition coefficient (Wildman–Crippen LogP) is 4.14. The topological polar surface area (TPSA) is 54.3 Å². The van der Waals surface area contributed by atoms with Crippen molar-refractivity contribution < 1.29 is 9.18 Å². The van der Waals surface area contributed by atoms with E-state index in [2.05, 4.69) is 19.7 Å².